The fourth-order valence-corrected chi connectivity index (χ4v) is 2.65. The van der Waals surface area contributed by atoms with Crippen molar-refractivity contribution >= 4 is 33.4 Å². The standard InChI is InChI=1S/C15H18BrN5/c16-13-9-18-15(20-14(13)17)19-12-5-3-11(4-6-12)10-21-7-1-2-8-21/h3-6,9H,1-2,7-8,10H2,(H3,17,18,19,20). The first-order valence-electron chi connectivity index (χ1n) is 7.07. The lowest BCUT2D eigenvalue weighted by Crippen LogP contribution is -2.18. The molecule has 1 aliphatic rings. The zero-order valence-corrected chi connectivity index (χ0v) is 13.3. The molecule has 1 fully saturated rings. The van der Waals surface area contributed by atoms with E-state index in [-0.39, 0.29) is 0 Å². The first-order valence-corrected chi connectivity index (χ1v) is 7.86. The summed E-state index contributed by atoms with van der Waals surface area (Å²) in [6.45, 7) is 3.46. The molecule has 110 valence electrons. The van der Waals surface area contributed by atoms with E-state index in [0.29, 0.717) is 16.2 Å². The van der Waals surface area contributed by atoms with Gasteiger partial charge >= 0.3 is 0 Å². The maximum absolute atomic E-state index is 5.75. The Kier molecular flexibility index (Phi) is 4.36. The fourth-order valence-electron chi connectivity index (χ4n) is 2.46. The van der Waals surface area contributed by atoms with Crippen LogP contribution in [0.15, 0.2) is 34.9 Å². The van der Waals surface area contributed by atoms with Crippen molar-refractivity contribution in [3.63, 3.8) is 0 Å². The molecule has 0 amide bonds. The number of rotatable bonds is 4. The Balaban J connectivity index is 1.64. The number of halogens is 1. The molecule has 0 spiro atoms. The van der Waals surface area contributed by atoms with E-state index in [0.717, 1.165) is 12.2 Å². The highest BCUT2D eigenvalue weighted by Gasteiger charge is 2.11. The highest BCUT2D eigenvalue weighted by Crippen LogP contribution is 2.20. The van der Waals surface area contributed by atoms with Crippen LogP contribution in [0.2, 0.25) is 0 Å². The predicted octanol–water partition coefficient (Wildman–Crippen LogP) is 3.16. The number of benzene rings is 1. The van der Waals surface area contributed by atoms with Crippen molar-refractivity contribution in [2.45, 2.75) is 19.4 Å². The number of anilines is 3. The topological polar surface area (TPSA) is 67.1 Å². The largest absolute Gasteiger partial charge is 0.383 e. The molecule has 3 N–H and O–H groups in total. The van der Waals surface area contributed by atoms with Crippen molar-refractivity contribution in [2.75, 3.05) is 24.1 Å². The highest BCUT2D eigenvalue weighted by atomic mass is 79.9. The molecule has 0 bridgehead atoms. The second kappa shape index (κ2) is 6.41. The number of aromatic nitrogens is 2. The van der Waals surface area contributed by atoms with Crippen LogP contribution in [0, 0.1) is 0 Å². The Hall–Kier alpha value is -1.66. The van der Waals surface area contributed by atoms with Crippen LogP contribution in [0.5, 0.6) is 0 Å². The van der Waals surface area contributed by atoms with E-state index in [1.54, 1.807) is 6.20 Å². The van der Waals surface area contributed by atoms with Gasteiger partial charge in [-0.1, -0.05) is 12.1 Å². The average molecular weight is 348 g/mol. The van der Waals surface area contributed by atoms with Gasteiger partial charge in [0.25, 0.3) is 0 Å². The number of likely N-dealkylation sites (tertiary alicyclic amines) is 1. The monoisotopic (exact) mass is 347 g/mol. The molecule has 6 heteroatoms. The third-order valence-corrected chi connectivity index (χ3v) is 4.20. The van der Waals surface area contributed by atoms with Crippen molar-refractivity contribution in [3.8, 4) is 0 Å². The number of hydrogen-bond acceptors (Lipinski definition) is 5. The summed E-state index contributed by atoms with van der Waals surface area (Å²) in [4.78, 5) is 10.8. The molecule has 0 saturated carbocycles. The molecular formula is C15H18BrN5. The van der Waals surface area contributed by atoms with Crippen molar-refractivity contribution < 1.29 is 0 Å². The Morgan fingerprint density at radius 3 is 2.57 bits per heavy atom. The SMILES string of the molecule is Nc1nc(Nc2ccc(CN3CCCC3)cc2)ncc1Br. The molecule has 0 aliphatic carbocycles. The van der Waals surface area contributed by atoms with Crippen LogP contribution >= 0.6 is 15.9 Å². The number of nitrogens with two attached hydrogens (primary N) is 1. The predicted molar refractivity (Wildman–Crippen MR) is 88.4 cm³/mol. The van der Waals surface area contributed by atoms with E-state index in [9.17, 15) is 0 Å². The Labute approximate surface area is 132 Å². The smallest absolute Gasteiger partial charge is 0.229 e. The molecule has 1 aromatic carbocycles. The van der Waals surface area contributed by atoms with Crippen LogP contribution in [-0.4, -0.2) is 28.0 Å². The molecule has 0 atom stereocenters. The minimum Gasteiger partial charge on any atom is -0.383 e. The third kappa shape index (κ3) is 3.71. The molecule has 1 saturated heterocycles. The minimum atomic E-state index is 0.429. The molecule has 0 radical (unpaired) electrons. The second-order valence-corrected chi connectivity index (χ2v) is 6.09. The number of nitrogen functional groups attached to an aromatic ring is 1. The Morgan fingerprint density at radius 2 is 1.90 bits per heavy atom. The van der Waals surface area contributed by atoms with Crippen LogP contribution < -0.4 is 11.1 Å². The van der Waals surface area contributed by atoms with Crippen LogP contribution in [0.3, 0.4) is 0 Å². The van der Waals surface area contributed by atoms with Gasteiger partial charge in [0, 0.05) is 18.4 Å². The zero-order valence-electron chi connectivity index (χ0n) is 11.7. The summed E-state index contributed by atoms with van der Waals surface area (Å²) in [7, 11) is 0. The second-order valence-electron chi connectivity index (χ2n) is 5.23. The molecule has 2 aromatic rings. The van der Waals surface area contributed by atoms with Crippen molar-refractivity contribution in [3.05, 3.63) is 40.5 Å². The van der Waals surface area contributed by atoms with Gasteiger partial charge in [-0.15, -0.1) is 0 Å². The van der Waals surface area contributed by atoms with E-state index >= 15 is 0 Å². The molecule has 1 aliphatic heterocycles. The highest BCUT2D eigenvalue weighted by molar-refractivity contribution is 9.10. The molecule has 5 nitrogen and oxygen atoms in total. The lowest BCUT2D eigenvalue weighted by atomic mass is 10.2. The van der Waals surface area contributed by atoms with Crippen LogP contribution in [0.4, 0.5) is 17.5 Å². The number of nitrogens with zero attached hydrogens (tertiary/aromatic N) is 3. The van der Waals surface area contributed by atoms with Gasteiger partial charge < -0.3 is 11.1 Å². The number of hydrogen-bond donors (Lipinski definition) is 2. The lowest BCUT2D eigenvalue weighted by molar-refractivity contribution is 0.331. The van der Waals surface area contributed by atoms with Gasteiger partial charge in [0.1, 0.15) is 5.82 Å². The van der Waals surface area contributed by atoms with Gasteiger partial charge in [0.15, 0.2) is 0 Å². The van der Waals surface area contributed by atoms with E-state index in [1.807, 2.05) is 12.1 Å². The van der Waals surface area contributed by atoms with Crippen molar-refractivity contribution in [2.24, 2.45) is 0 Å². The summed E-state index contributed by atoms with van der Waals surface area (Å²) in [6, 6.07) is 8.38. The summed E-state index contributed by atoms with van der Waals surface area (Å²) in [5.74, 6) is 0.932. The molecule has 0 unspecified atom stereocenters. The van der Waals surface area contributed by atoms with Crippen LogP contribution in [0.25, 0.3) is 0 Å². The molecule has 1 aromatic heterocycles. The van der Waals surface area contributed by atoms with Gasteiger partial charge in [0.2, 0.25) is 5.95 Å². The van der Waals surface area contributed by atoms with Gasteiger partial charge in [-0.05, 0) is 59.6 Å². The van der Waals surface area contributed by atoms with Gasteiger partial charge in [-0.25, -0.2) is 4.98 Å². The van der Waals surface area contributed by atoms with E-state index in [2.05, 4.69) is 48.2 Å². The normalized spacial score (nSPS) is 15.3. The average Bonchev–Trinajstić information content (AvgIpc) is 2.98. The summed E-state index contributed by atoms with van der Waals surface area (Å²) in [6.07, 6.45) is 4.29. The van der Waals surface area contributed by atoms with Crippen molar-refractivity contribution in [1.82, 2.24) is 14.9 Å². The molecular weight excluding hydrogens is 330 g/mol. The minimum absolute atomic E-state index is 0.429. The maximum atomic E-state index is 5.75. The first kappa shape index (κ1) is 14.3. The summed E-state index contributed by atoms with van der Waals surface area (Å²) in [5.41, 5.74) is 8.04. The molecule has 2 heterocycles. The summed E-state index contributed by atoms with van der Waals surface area (Å²) >= 11 is 3.28. The van der Waals surface area contributed by atoms with Gasteiger partial charge in [0.05, 0.1) is 4.47 Å². The number of nitrogens with one attached hydrogen (secondary N) is 1. The lowest BCUT2D eigenvalue weighted by Gasteiger charge is -2.14. The first-order chi connectivity index (χ1) is 10.2. The quantitative estimate of drug-likeness (QED) is 0.889. The van der Waals surface area contributed by atoms with Gasteiger partial charge in [-0.2, -0.15) is 4.98 Å². The summed E-state index contributed by atoms with van der Waals surface area (Å²) < 4.78 is 0.703. The van der Waals surface area contributed by atoms with E-state index in [1.165, 1.54) is 31.5 Å². The van der Waals surface area contributed by atoms with Crippen LogP contribution in [-0.2, 0) is 6.54 Å². The van der Waals surface area contributed by atoms with Gasteiger partial charge in [-0.3, -0.25) is 4.90 Å². The molecule has 3 rings (SSSR count). The van der Waals surface area contributed by atoms with E-state index in [4.69, 9.17) is 5.73 Å². The van der Waals surface area contributed by atoms with E-state index < -0.39 is 0 Å². The third-order valence-electron chi connectivity index (χ3n) is 3.59. The Morgan fingerprint density at radius 1 is 1.19 bits per heavy atom. The molecule has 21 heavy (non-hydrogen) atoms. The Bertz CT molecular complexity index is 608. The maximum Gasteiger partial charge on any atom is 0.229 e. The fraction of sp³-hybridized carbons (Fsp3) is 0.333. The summed E-state index contributed by atoms with van der Waals surface area (Å²) in [5, 5.41) is 3.16. The zero-order chi connectivity index (χ0) is 14.7. The van der Waals surface area contributed by atoms with Crippen LogP contribution in [0.1, 0.15) is 18.4 Å². The van der Waals surface area contributed by atoms with Crippen molar-refractivity contribution in [1.29, 1.82) is 0 Å².